The van der Waals surface area contributed by atoms with Gasteiger partial charge in [0.1, 0.15) is 6.10 Å². The number of esters is 1. The van der Waals surface area contributed by atoms with Crippen molar-refractivity contribution in [3.8, 4) is 0 Å². The van der Waals surface area contributed by atoms with Gasteiger partial charge in [-0.2, -0.15) is 0 Å². The summed E-state index contributed by atoms with van der Waals surface area (Å²) in [6.45, 7) is 13.3. The second-order valence-corrected chi connectivity index (χ2v) is 9.67. The molecule has 0 aromatic rings. The predicted octanol–water partition coefficient (Wildman–Crippen LogP) is 4.47. The predicted molar refractivity (Wildman–Crippen MR) is 84.2 cm³/mol. The molecule has 0 spiro atoms. The van der Waals surface area contributed by atoms with Gasteiger partial charge in [0.05, 0.1) is 6.16 Å². The normalized spacial score (nSPS) is 29.1. The first-order valence-electron chi connectivity index (χ1n) is 7.63. The van der Waals surface area contributed by atoms with Crippen LogP contribution in [0.5, 0.6) is 0 Å². The minimum Gasteiger partial charge on any atom is -0.462 e. The van der Waals surface area contributed by atoms with Crippen LogP contribution < -0.4 is 0 Å². The van der Waals surface area contributed by atoms with Crippen LogP contribution >= 0.6 is 8.58 Å². The molecule has 1 unspecified atom stereocenters. The molecule has 1 rings (SSSR count). The van der Waals surface area contributed by atoms with Crippen molar-refractivity contribution in [3.63, 3.8) is 0 Å². The zero-order valence-electron chi connectivity index (χ0n) is 13.5. The zero-order chi connectivity index (χ0) is 14.6. The quantitative estimate of drug-likeness (QED) is 0.563. The summed E-state index contributed by atoms with van der Waals surface area (Å²) in [7, 11) is 0.649. The van der Waals surface area contributed by atoms with Crippen molar-refractivity contribution in [1.82, 2.24) is 0 Å². The summed E-state index contributed by atoms with van der Waals surface area (Å²) in [6, 6.07) is 0. The number of carbonyl (C=O) groups excluding carboxylic acids is 1. The first-order valence-corrected chi connectivity index (χ1v) is 8.84. The Morgan fingerprint density at radius 2 is 1.95 bits per heavy atom. The van der Waals surface area contributed by atoms with Crippen LogP contribution in [0.25, 0.3) is 0 Å². The Bertz CT molecular complexity index is 294. The van der Waals surface area contributed by atoms with Crippen LogP contribution in [0, 0.1) is 17.8 Å². The number of carbonyl (C=O) groups is 1. The van der Waals surface area contributed by atoms with E-state index in [2.05, 4.69) is 41.5 Å². The van der Waals surface area contributed by atoms with E-state index in [0.29, 0.717) is 32.5 Å². The molecular weight excluding hydrogens is 255 g/mol. The van der Waals surface area contributed by atoms with Gasteiger partial charge in [0.25, 0.3) is 0 Å². The van der Waals surface area contributed by atoms with Gasteiger partial charge in [0, 0.05) is 0 Å². The maximum absolute atomic E-state index is 12.0. The van der Waals surface area contributed by atoms with Crippen molar-refractivity contribution in [1.29, 1.82) is 0 Å². The lowest BCUT2D eigenvalue weighted by Gasteiger charge is -2.36. The molecule has 0 saturated heterocycles. The smallest absolute Gasteiger partial charge is 0.310 e. The highest BCUT2D eigenvalue weighted by Crippen LogP contribution is 2.36. The molecule has 0 heterocycles. The van der Waals surface area contributed by atoms with Crippen LogP contribution in [0.1, 0.15) is 60.8 Å². The van der Waals surface area contributed by atoms with E-state index in [9.17, 15) is 4.79 Å². The molecule has 0 radical (unpaired) electrons. The number of ether oxygens (including phenoxy) is 1. The van der Waals surface area contributed by atoms with E-state index >= 15 is 0 Å². The van der Waals surface area contributed by atoms with Gasteiger partial charge in [-0.1, -0.05) is 48.0 Å². The van der Waals surface area contributed by atoms with Crippen molar-refractivity contribution in [2.75, 3.05) is 6.16 Å². The third kappa shape index (κ3) is 6.25. The van der Waals surface area contributed by atoms with E-state index in [0.717, 1.165) is 6.42 Å². The van der Waals surface area contributed by atoms with Gasteiger partial charge < -0.3 is 4.74 Å². The SMILES string of the molecule is CC(C)[C@H]1CC[C@H](C)C[C@@H]1OC(=O)CPC(C)(C)C. The Morgan fingerprint density at radius 3 is 2.47 bits per heavy atom. The molecule has 0 aromatic heterocycles. The third-order valence-corrected chi connectivity index (χ3v) is 5.53. The van der Waals surface area contributed by atoms with Crippen LogP contribution in [-0.2, 0) is 9.53 Å². The van der Waals surface area contributed by atoms with Gasteiger partial charge in [0.15, 0.2) is 0 Å². The standard InChI is InChI=1S/C16H31O2P/c1-11(2)13-8-7-12(3)9-14(13)18-15(17)10-19-16(4,5)6/h11-14,19H,7-10H2,1-6H3/t12-,13+,14-/m0/s1. The average Bonchev–Trinajstić information content (AvgIpc) is 2.25. The Balaban J connectivity index is 2.49. The number of rotatable bonds is 4. The molecule has 19 heavy (non-hydrogen) atoms. The van der Waals surface area contributed by atoms with Crippen molar-refractivity contribution in [3.05, 3.63) is 0 Å². The second-order valence-electron chi connectivity index (χ2n) is 7.46. The Hall–Kier alpha value is -0.100. The lowest BCUT2D eigenvalue weighted by molar-refractivity contribution is -0.152. The molecule has 2 nitrogen and oxygen atoms in total. The van der Waals surface area contributed by atoms with Gasteiger partial charge >= 0.3 is 5.97 Å². The molecule has 0 N–H and O–H groups in total. The molecule has 4 atom stereocenters. The van der Waals surface area contributed by atoms with Gasteiger partial charge in [-0.05, 0) is 35.8 Å². The summed E-state index contributed by atoms with van der Waals surface area (Å²) in [4.78, 5) is 12.0. The molecule has 1 aliphatic carbocycles. The Kier molecular flexibility index (Phi) is 6.30. The summed E-state index contributed by atoms with van der Waals surface area (Å²) < 4.78 is 5.80. The molecular formula is C16H31O2P. The van der Waals surface area contributed by atoms with E-state index in [4.69, 9.17) is 4.74 Å². The average molecular weight is 286 g/mol. The van der Waals surface area contributed by atoms with Crippen molar-refractivity contribution < 1.29 is 9.53 Å². The van der Waals surface area contributed by atoms with Crippen LogP contribution in [0.4, 0.5) is 0 Å². The largest absolute Gasteiger partial charge is 0.462 e. The fourth-order valence-corrected chi connectivity index (χ4v) is 3.56. The van der Waals surface area contributed by atoms with E-state index in [1.807, 2.05) is 0 Å². The van der Waals surface area contributed by atoms with Crippen LogP contribution in [0.2, 0.25) is 0 Å². The van der Waals surface area contributed by atoms with Gasteiger partial charge in [-0.15, -0.1) is 8.58 Å². The number of hydrogen-bond donors (Lipinski definition) is 0. The van der Waals surface area contributed by atoms with Crippen molar-refractivity contribution in [2.45, 2.75) is 72.1 Å². The first-order chi connectivity index (χ1) is 8.69. The lowest BCUT2D eigenvalue weighted by Crippen LogP contribution is -2.36. The van der Waals surface area contributed by atoms with E-state index < -0.39 is 0 Å². The molecule has 0 aliphatic heterocycles. The minimum atomic E-state index is 0.0120. The lowest BCUT2D eigenvalue weighted by atomic mass is 9.75. The zero-order valence-corrected chi connectivity index (χ0v) is 14.5. The topological polar surface area (TPSA) is 26.3 Å². The second kappa shape index (κ2) is 7.07. The van der Waals surface area contributed by atoms with Gasteiger partial charge in [-0.25, -0.2) is 0 Å². The van der Waals surface area contributed by atoms with Crippen LogP contribution in [0.15, 0.2) is 0 Å². The van der Waals surface area contributed by atoms with Crippen LogP contribution in [-0.4, -0.2) is 23.4 Å². The van der Waals surface area contributed by atoms with E-state index in [-0.39, 0.29) is 17.2 Å². The summed E-state index contributed by atoms with van der Waals surface area (Å²) in [5, 5.41) is 0.232. The maximum atomic E-state index is 12.0. The minimum absolute atomic E-state index is 0.0120. The molecule has 1 saturated carbocycles. The summed E-state index contributed by atoms with van der Waals surface area (Å²) in [5.74, 6) is 1.87. The highest BCUT2D eigenvalue weighted by atomic mass is 31.1. The highest BCUT2D eigenvalue weighted by Gasteiger charge is 2.33. The molecule has 0 aromatic carbocycles. The molecule has 1 fully saturated rings. The van der Waals surface area contributed by atoms with Crippen molar-refractivity contribution in [2.24, 2.45) is 17.8 Å². The van der Waals surface area contributed by atoms with Gasteiger partial charge in [-0.3, -0.25) is 4.79 Å². The van der Waals surface area contributed by atoms with Crippen molar-refractivity contribution >= 4 is 14.6 Å². The first kappa shape index (κ1) is 17.0. The molecule has 1 aliphatic rings. The Labute approximate surface area is 120 Å². The highest BCUT2D eigenvalue weighted by molar-refractivity contribution is 7.41. The van der Waals surface area contributed by atoms with Gasteiger partial charge in [0.2, 0.25) is 0 Å². The molecule has 0 bridgehead atoms. The van der Waals surface area contributed by atoms with E-state index in [1.54, 1.807) is 0 Å². The maximum Gasteiger partial charge on any atom is 0.310 e. The molecule has 112 valence electrons. The summed E-state index contributed by atoms with van der Waals surface area (Å²) in [6.07, 6.45) is 4.27. The third-order valence-electron chi connectivity index (χ3n) is 4.01. The van der Waals surface area contributed by atoms with E-state index in [1.165, 1.54) is 12.8 Å². The fraction of sp³-hybridized carbons (Fsp3) is 0.938. The monoisotopic (exact) mass is 286 g/mol. The number of hydrogen-bond acceptors (Lipinski definition) is 2. The molecule has 0 amide bonds. The summed E-state index contributed by atoms with van der Waals surface area (Å²) in [5.41, 5.74) is 0. The Morgan fingerprint density at radius 1 is 1.32 bits per heavy atom. The summed E-state index contributed by atoms with van der Waals surface area (Å²) >= 11 is 0. The van der Waals surface area contributed by atoms with Crippen LogP contribution in [0.3, 0.4) is 0 Å². The molecule has 3 heteroatoms. The fourth-order valence-electron chi connectivity index (χ4n) is 2.80.